The Morgan fingerprint density at radius 3 is 2.61 bits per heavy atom. The summed E-state index contributed by atoms with van der Waals surface area (Å²) >= 11 is 5.85. The lowest BCUT2D eigenvalue weighted by molar-refractivity contribution is -0.384. The summed E-state index contributed by atoms with van der Waals surface area (Å²) in [6.07, 6.45) is 0.902. The zero-order chi connectivity index (χ0) is 20.7. The van der Waals surface area contributed by atoms with E-state index in [2.05, 4.69) is 15.8 Å². The summed E-state index contributed by atoms with van der Waals surface area (Å²) in [6, 6.07) is 8.45. The van der Waals surface area contributed by atoms with Gasteiger partial charge in [-0.1, -0.05) is 11.6 Å². The molecule has 0 aliphatic carbocycles. The minimum Gasteiger partial charge on any atom is -0.507 e. The molecule has 0 spiro atoms. The molecule has 2 aromatic rings. The maximum absolute atomic E-state index is 11.9. The number of non-ortho nitro benzene ring substituents is 1. The van der Waals surface area contributed by atoms with Gasteiger partial charge >= 0.3 is 0 Å². The average Bonchev–Trinajstić information content (AvgIpc) is 2.63. The van der Waals surface area contributed by atoms with E-state index in [4.69, 9.17) is 11.6 Å². The third-order valence-electron chi connectivity index (χ3n) is 3.66. The number of amides is 2. The lowest BCUT2D eigenvalue weighted by Gasteiger charge is -2.08. The van der Waals surface area contributed by atoms with Gasteiger partial charge in [-0.15, -0.1) is 0 Å². The Kier molecular flexibility index (Phi) is 7.05. The molecule has 0 saturated carbocycles. The van der Waals surface area contributed by atoms with Crippen molar-refractivity contribution in [3.8, 4) is 5.75 Å². The molecule has 0 bridgehead atoms. The lowest BCUT2D eigenvalue weighted by Crippen LogP contribution is -2.20. The molecular weight excluding hydrogens is 388 g/mol. The molecule has 9 nitrogen and oxygen atoms in total. The van der Waals surface area contributed by atoms with E-state index < -0.39 is 10.8 Å². The van der Waals surface area contributed by atoms with Crippen LogP contribution in [0.5, 0.6) is 5.75 Å². The number of phenols is 1. The molecule has 2 aromatic carbocycles. The van der Waals surface area contributed by atoms with Crippen LogP contribution in [0.15, 0.2) is 41.5 Å². The Balaban J connectivity index is 1.84. The van der Waals surface area contributed by atoms with E-state index in [1.807, 2.05) is 0 Å². The van der Waals surface area contributed by atoms with Gasteiger partial charge in [-0.2, -0.15) is 5.10 Å². The van der Waals surface area contributed by atoms with Crippen molar-refractivity contribution in [1.29, 1.82) is 0 Å². The van der Waals surface area contributed by atoms with Gasteiger partial charge in [0.15, 0.2) is 0 Å². The van der Waals surface area contributed by atoms with Crippen molar-refractivity contribution in [3.05, 3.63) is 62.7 Å². The summed E-state index contributed by atoms with van der Waals surface area (Å²) in [5.41, 5.74) is 3.45. The highest BCUT2D eigenvalue weighted by Gasteiger charge is 2.10. The second kappa shape index (κ2) is 9.47. The molecule has 3 N–H and O–H groups in total. The molecule has 10 heteroatoms. The fraction of sp³-hybridized carbons (Fsp3) is 0.167. The minimum absolute atomic E-state index is 0.0640. The molecular formula is C18H17ClN4O5. The number of hydrogen-bond acceptors (Lipinski definition) is 6. The predicted octanol–water partition coefficient (Wildman–Crippen LogP) is 3.13. The lowest BCUT2D eigenvalue weighted by atomic mass is 10.2. The smallest absolute Gasteiger partial charge is 0.270 e. The van der Waals surface area contributed by atoms with Crippen LogP contribution < -0.4 is 10.7 Å². The number of hydrazone groups is 1. The number of hydrogen-bond donors (Lipinski definition) is 3. The number of nitrogens with one attached hydrogen (secondary N) is 2. The number of nitrogens with zero attached hydrogens (tertiary/aromatic N) is 2. The first kappa shape index (κ1) is 20.8. The van der Waals surface area contributed by atoms with Crippen LogP contribution in [0.3, 0.4) is 0 Å². The molecule has 0 fully saturated rings. The van der Waals surface area contributed by atoms with Crippen molar-refractivity contribution in [2.24, 2.45) is 5.10 Å². The number of rotatable bonds is 7. The number of nitro benzene ring substituents is 1. The third kappa shape index (κ3) is 6.06. The molecule has 0 radical (unpaired) electrons. The maximum atomic E-state index is 11.9. The van der Waals surface area contributed by atoms with Crippen molar-refractivity contribution in [1.82, 2.24) is 5.43 Å². The largest absolute Gasteiger partial charge is 0.507 e. The standard InChI is InChI=1S/C18H17ClN4O5/c1-11-8-13(19)2-4-15(11)21-17(25)6-7-18(26)22-20-10-12-9-14(23(27)28)3-5-16(12)24/h2-5,8-10,24H,6-7H2,1H3,(H,21,25)(H,22,26)/b20-10+. The number of benzene rings is 2. The van der Waals surface area contributed by atoms with Gasteiger partial charge in [0, 0.05) is 41.2 Å². The molecule has 0 aliphatic heterocycles. The average molecular weight is 405 g/mol. The van der Waals surface area contributed by atoms with Crippen LogP contribution in [0.2, 0.25) is 5.02 Å². The number of carbonyl (C=O) groups is 2. The third-order valence-corrected chi connectivity index (χ3v) is 3.89. The van der Waals surface area contributed by atoms with Crippen molar-refractivity contribution in [3.63, 3.8) is 0 Å². The van der Waals surface area contributed by atoms with Crippen LogP contribution in [-0.2, 0) is 9.59 Å². The molecule has 146 valence electrons. The van der Waals surface area contributed by atoms with Gasteiger partial charge in [0.25, 0.3) is 5.69 Å². The van der Waals surface area contributed by atoms with Crippen molar-refractivity contribution in [2.75, 3.05) is 5.32 Å². The monoisotopic (exact) mass is 404 g/mol. The highest BCUT2D eigenvalue weighted by Crippen LogP contribution is 2.21. The Bertz CT molecular complexity index is 946. The summed E-state index contributed by atoms with van der Waals surface area (Å²) in [4.78, 5) is 33.8. The van der Waals surface area contributed by atoms with Gasteiger partial charge in [-0.05, 0) is 36.8 Å². The van der Waals surface area contributed by atoms with Gasteiger partial charge in [0.05, 0.1) is 11.1 Å². The van der Waals surface area contributed by atoms with E-state index in [1.165, 1.54) is 0 Å². The number of anilines is 1. The predicted molar refractivity (Wildman–Crippen MR) is 105 cm³/mol. The highest BCUT2D eigenvalue weighted by atomic mass is 35.5. The first-order valence-electron chi connectivity index (χ1n) is 8.11. The number of nitro groups is 1. The summed E-state index contributed by atoms with van der Waals surface area (Å²) in [7, 11) is 0. The van der Waals surface area contributed by atoms with Gasteiger partial charge < -0.3 is 10.4 Å². The molecule has 0 heterocycles. The van der Waals surface area contributed by atoms with E-state index in [-0.39, 0.29) is 35.7 Å². The Morgan fingerprint density at radius 2 is 1.93 bits per heavy atom. The van der Waals surface area contributed by atoms with Crippen LogP contribution in [0, 0.1) is 17.0 Å². The van der Waals surface area contributed by atoms with Crippen molar-refractivity contribution < 1.29 is 19.6 Å². The second-order valence-corrected chi connectivity index (χ2v) is 6.24. The van der Waals surface area contributed by atoms with Gasteiger partial charge in [-0.3, -0.25) is 19.7 Å². The van der Waals surface area contributed by atoms with E-state index >= 15 is 0 Å². The summed E-state index contributed by atoms with van der Waals surface area (Å²) < 4.78 is 0. The van der Waals surface area contributed by atoms with Gasteiger partial charge in [0.1, 0.15) is 5.75 Å². The second-order valence-electron chi connectivity index (χ2n) is 5.80. The number of phenolic OH excluding ortho intramolecular Hbond substituents is 1. The molecule has 2 rings (SSSR count). The Hall–Kier alpha value is -3.46. The van der Waals surface area contributed by atoms with Gasteiger partial charge in [-0.25, -0.2) is 5.43 Å². The number of carbonyl (C=O) groups excluding carboxylic acids is 2. The van der Waals surface area contributed by atoms with Crippen LogP contribution >= 0.6 is 11.6 Å². The quantitative estimate of drug-likeness (QED) is 0.370. The van der Waals surface area contributed by atoms with Crippen molar-refractivity contribution in [2.45, 2.75) is 19.8 Å². The Labute approximate surface area is 165 Å². The number of aromatic hydroxyl groups is 1. The van der Waals surface area contributed by atoms with E-state index in [1.54, 1.807) is 25.1 Å². The first-order valence-corrected chi connectivity index (χ1v) is 8.49. The molecule has 0 saturated heterocycles. The van der Waals surface area contributed by atoms with Gasteiger partial charge in [0.2, 0.25) is 11.8 Å². The summed E-state index contributed by atoms with van der Waals surface area (Å²) in [5.74, 6) is -1.09. The molecule has 0 aromatic heterocycles. The first-order chi connectivity index (χ1) is 13.3. The molecule has 28 heavy (non-hydrogen) atoms. The topological polar surface area (TPSA) is 134 Å². The molecule has 0 unspecified atom stereocenters. The van der Waals surface area contributed by atoms with Crippen molar-refractivity contribution >= 4 is 41.0 Å². The highest BCUT2D eigenvalue weighted by molar-refractivity contribution is 6.30. The maximum Gasteiger partial charge on any atom is 0.270 e. The fourth-order valence-electron chi connectivity index (χ4n) is 2.20. The van der Waals surface area contributed by atoms with Crippen LogP contribution in [-0.4, -0.2) is 28.1 Å². The van der Waals surface area contributed by atoms with E-state index in [0.717, 1.165) is 30.0 Å². The molecule has 0 aliphatic rings. The summed E-state index contributed by atoms with van der Waals surface area (Å²) in [5, 5.41) is 27.3. The zero-order valence-corrected chi connectivity index (χ0v) is 15.6. The molecule has 0 atom stereocenters. The van der Waals surface area contributed by atoms with Crippen LogP contribution in [0.4, 0.5) is 11.4 Å². The SMILES string of the molecule is Cc1cc(Cl)ccc1NC(=O)CCC(=O)N/N=C/c1cc([N+](=O)[O-])ccc1O. The zero-order valence-electron chi connectivity index (χ0n) is 14.8. The van der Waals surface area contributed by atoms with Crippen LogP contribution in [0.1, 0.15) is 24.0 Å². The minimum atomic E-state index is -0.615. The van der Waals surface area contributed by atoms with E-state index in [0.29, 0.717) is 10.7 Å². The Morgan fingerprint density at radius 1 is 1.21 bits per heavy atom. The summed E-state index contributed by atoms with van der Waals surface area (Å²) in [6.45, 7) is 1.80. The number of halogens is 1. The normalized spacial score (nSPS) is 10.6. The van der Waals surface area contributed by atoms with Crippen LogP contribution in [0.25, 0.3) is 0 Å². The fourth-order valence-corrected chi connectivity index (χ4v) is 2.42. The number of aryl methyl sites for hydroxylation is 1. The molecule has 2 amide bonds. The van der Waals surface area contributed by atoms with E-state index in [9.17, 15) is 24.8 Å².